The summed E-state index contributed by atoms with van der Waals surface area (Å²) in [4.78, 5) is 2.49. The average Bonchev–Trinajstić information content (AvgIpc) is 3.33. The van der Waals surface area contributed by atoms with Crippen LogP contribution in [-0.4, -0.2) is 40.4 Å². The molecule has 0 amide bonds. The van der Waals surface area contributed by atoms with Crippen LogP contribution in [0, 0.1) is 11.7 Å². The van der Waals surface area contributed by atoms with Crippen molar-refractivity contribution in [1.29, 1.82) is 0 Å². The van der Waals surface area contributed by atoms with Gasteiger partial charge in [0.05, 0.1) is 11.4 Å². The lowest BCUT2D eigenvalue weighted by atomic mass is 10.0. The highest BCUT2D eigenvalue weighted by molar-refractivity contribution is 5.85. The molecule has 1 aromatic heterocycles. The summed E-state index contributed by atoms with van der Waals surface area (Å²) in [7, 11) is 0. The molecule has 2 fully saturated rings. The lowest BCUT2D eigenvalue weighted by Crippen LogP contribution is -2.42. The molecule has 25 heavy (non-hydrogen) atoms. The fourth-order valence-corrected chi connectivity index (χ4v) is 3.44. The van der Waals surface area contributed by atoms with Crippen LogP contribution >= 0.6 is 12.4 Å². The van der Waals surface area contributed by atoms with Crippen molar-refractivity contribution in [2.45, 2.75) is 38.3 Å². The number of hydrogen-bond acceptors (Lipinski definition) is 3. The van der Waals surface area contributed by atoms with Crippen molar-refractivity contribution in [2.24, 2.45) is 5.92 Å². The van der Waals surface area contributed by atoms with Gasteiger partial charge in [0.15, 0.2) is 0 Å². The fraction of sp³-hybridized carbons (Fsp3) is 0.526. The van der Waals surface area contributed by atoms with E-state index >= 15 is 0 Å². The molecule has 1 aliphatic carbocycles. The highest BCUT2D eigenvalue weighted by Gasteiger charge is 2.24. The van der Waals surface area contributed by atoms with Gasteiger partial charge in [-0.15, -0.1) is 12.4 Å². The van der Waals surface area contributed by atoms with Gasteiger partial charge in [-0.05, 0) is 68.5 Å². The monoisotopic (exact) mass is 364 g/mol. The Labute approximate surface area is 154 Å². The maximum atomic E-state index is 13.1. The second-order valence-electron chi connectivity index (χ2n) is 7.11. The Hall–Kier alpha value is -1.43. The van der Waals surface area contributed by atoms with Gasteiger partial charge in [-0.25, -0.2) is 9.07 Å². The standard InChI is InChI=1S/C19H25FN4.ClH/c20-16-3-5-18(6-4-16)24-19(7-10-22-24)14-23-11-8-17(9-12-23)21-13-15-1-2-15;/h3-7,10,15,17,21H,1-2,8-9,11-14H2;1H. The largest absolute Gasteiger partial charge is 0.314 e. The summed E-state index contributed by atoms with van der Waals surface area (Å²) in [6.07, 6.45) is 7.09. The highest BCUT2D eigenvalue weighted by Crippen LogP contribution is 2.28. The molecule has 0 spiro atoms. The van der Waals surface area contributed by atoms with Crippen LogP contribution in [0.5, 0.6) is 0 Å². The van der Waals surface area contributed by atoms with Gasteiger partial charge in [0.2, 0.25) is 0 Å². The first-order valence-electron chi connectivity index (χ1n) is 9.02. The lowest BCUT2D eigenvalue weighted by molar-refractivity contribution is 0.187. The van der Waals surface area contributed by atoms with Crippen molar-refractivity contribution in [1.82, 2.24) is 20.0 Å². The molecular formula is C19H26ClFN4. The molecule has 1 aromatic carbocycles. The zero-order valence-corrected chi connectivity index (χ0v) is 15.2. The van der Waals surface area contributed by atoms with Gasteiger partial charge in [-0.1, -0.05) is 0 Å². The van der Waals surface area contributed by atoms with Gasteiger partial charge in [0.25, 0.3) is 0 Å². The van der Waals surface area contributed by atoms with E-state index in [0.717, 1.165) is 36.9 Å². The molecule has 2 aliphatic rings. The Morgan fingerprint density at radius 3 is 2.44 bits per heavy atom. The molecule has 4 rings (SSSR count). The van der Waals surface area contributed by atoms with Crippen molar-refractivity contribution < 1.29 is 4.39 Å². The van der Waals surface area contributed by atoms with E-state index in [0.29, 0.717) is 6.04 Å². The molecule has 1 aliphatic heterocycles. The molecule has 136 valence electrons. The Morgan fingerprint density at radius 1 is 1.04 bits per heavy atom. The number of nitrogens with one attached hydrogen (secondary N) is 1. The first-order chi connectivity index (χ1) is 11.8. The number of rotatable bonds is 6. The first kappa shape index (κ1) is 18.4. The molecule has 0 atom stereocenters. The Morgan fingerprint density at radius 2 is 1.76 bits per heavy atom. The van der Waals surface area contributed by atoms with E-state index < -0.39 is 0 Å². The van der Waals surface area contributed by atoms with Gasteiger partial charge < -0.3 is 5.32 Å². The zero-order valence-electron chi connectivity index (χ0n) is 14.4. The fourth-order valence-electron chi connectivity index (χ4n) is 3.44. The lowest BCUT2D eigenvalue weighted by Gasteiger charge is -2.32. The molecule has 4 nitrogen and oxygen atoms in total. The minimum atomic E-state index is -0.215. The third kappa shape index (κ3) is 4.81. The van der Waals surface area contributed by atoms with Crippen LogP contribution in [0.2, 0.25) is 0 Å². The topological polar surface area (TPSA) is 33.1 Å². The number of hydrogen-bond donors (Lipinski definition) is 1. The third-order valence-electron chi connectivity index (χ3n) is 5.16. The van der Waals surface area contributed by atoms with Crippen LogP contribution in [0.3, 0.4) is 0 Å². The van der Waals surface area contributed by atoms with Gasteiger partial charge in [0.1, 0.15) is 5.82 Å². The normalized spacial score (nSPS) is 18.9. The number of halogens is 2. The highest BCUT2D eigenvalue weighted by atomic mass is 35.5. The molecule has 0 bridgehead atoms. The first-order valence-corrected chi connectivity index (χ1v) is 9.02. The number of aromatic nitrogens is 2. The summed E-state index contributed by atoms with van der Waals surface area (Å²) in [6.45, 7) is 4.35. The maximum Gasteiger partial charge on any atom is 0.123 e. The molecule has 0 unspecified atom stereocenters. The Kier molecular flexibility index (Phi) is 6.10. The van der Waals surface area contributed by atoms with Crippen LogP contribution < -0.4 is 5.32 Å². The zero-order chi connectivity index (χ0) is 16.4. The van der Waals surface area contributed by atoms with Gasteiger partial charge >= 0.3 is 0 Å². The summed E-state index contributed by atoms with van der Waals surface area (Å²) in [5.74, 6) is 0.737. The smallest absolute Gasteiger partial charge is 0.123 e. The Balaban J connectivity index is 0.00000182. The molecular weight excluding hydrogens is 339 g/mol. The summed E-state index contributed by atoms with van der Waals surface area (Å²) in [6, 6.07) is 9.26. The van der Waals surface area contributed by atoms with E-state index in [1.807, 2.05) is 10.9 Å². The number of benzene rings is 1. The quantitative estimate of drug-likeness (QED) is 0.852. The predicted molar refractivity (Wildman–Crippen MR) is 99.8 cm³/mol. The van der Waals surface area contributed by atoms with Crippen LogP contribution in [0.4, 0.5) is 4.39 Å². The van der Waals surface area contributed by atoms with E-state index in [4.69, 9.17) is 0 Å². The van der Waals surface area contributed by atoms with E-state index in [1.165, 1.54) is 44.4 Å². The van der Waals surface area contributed by atoms with Crippen molar-refractivity contribution in [2.75, 3.05) is 19.6 Å². The summed E-state index contributed by atoms with van der Waals surface area (Å²) < 4.78 is 15.0. The van der Waals surface area contributed by atoms with Crippen LogP contribution in [0.1, 0.15) is 31.4 Å². The minimum absolute atomic E-state index is 0. The van der Waals surface area contributed by atoms with Gasteiger partial charge in [-0.2, -0.15) is 5.10 Å². The van der Waals surface area contributed by atoms with Gasteiger partial charge in [-0.3, -0.25) is 4.90 Å². The van der Waals surface area contributed by atoms with Crippen molar-refractivity contribution in [3.8, 4) is 5.69 Å². The molecule has 2 heterocycles. The second kappa shape index (κ2) is 8.30. The molecule has 1 N–H and O–H groups in total. The summed E-state index contributed by atoms with van der Waals surface area (Å²) in [5.41, 5.74) is 2.07. The molecule has 6 heteroatoms. The van der Waals surface area contributed by atoms with Crippen molar-refractivity contribution in [3.05, 3.63) is 48.0 Å². The maximum absolute atomic E-state index is 13.1. The molecule has 1 saturated carbocycles. The minimum Gasteiger partial charge on any atom is -0.314 e. The van der Waals surface area contributed by atoms with Crippen molar-refractivity contribution >= 4 is 12.4 Å². The summed E-state index contributed by atoms with van der Waals surface area (Å²) >= 11 is 0. The van der Waals surface area contributed by atoms with E-state index in [1.54, 1.807) is 12.1 Å². The SMILES string of the molecule is Cl.Fc1ccc(-n2nccc2CN2CCC(NCC3CC3)CC2)cc1. The van der Waals surface area contributed by atoms with Gasteiger partial charge in [0, 0.05) is 31.9 Å². The van der Waals surface area contributed by atoms with Crippen molar-refractivity contribution in [3.63, 3.8) is 0 Å². The number of nitrogens with zero attached hydrogens (tertiary/aromatic N) is 3. The molecule has 0 radical (unpaired) electrons. The number of likely N-dealkylation sites (tertiary alicyclic amines) is 1. The third-order valence-corrected chi connectivity index (χ3v) is 5.16. The average molecular weight is 365 g/mol. The second-order valence-corrected chi connectivity index (χ2v) is 7.11. The predicted octanol–water partition coefficient (Wildman–Crippen LogP) is 3.40. The number of piperidine rings is 1. The van der Waals surface area contributed by atoms with E-state index in [2.05, 4.69) is 21.4 Å². The molecule has 1 saturated heterocycles. The molecule has 2 aromatic rings. The Bertz CT molecular complexity index is 660. The van der Waals surface area contributed by atoms with Crippen LogP contribution in [0.25, 0.3) is 5.69 Å². The van der Waals surface area contributed by atoms with Crippen LogP contribution in [-0.2, 0) is 6.54 Å². The van der Waals surface area contributed by atoms with E-state index in [-0.39, 0.29) is 18.2 Å². The van der Waals surface area contributed by atoms with E-state index in [9.17, 15) is 4.39 Å². The van der Waals surface area contributed by atoms with Crippen LogP contribution in [0.15, 0.2) is 36.5 Å². The summed E-state index contributed by atoms with van der Waals surface area (Å²) in [5, 5.41) is 8.13.